The topological polar surface area (TPSA) is 84.2 Å². The Morgan fingerprint density at radius 2 is 1.93 bits per heavy atom. The van der Waals surface area contributed by atoms with Crippen LogP contribution >= 0.6 is 0 Å². The van der Waals surface area contributed by atoms with Gasteiger partial charge in [0.15, 0.2) is 0 Å². The van der Waals surface area contributed by atoms with Crippen molar-refractivity contribution in [2.45, 2.75) is 58.5 Å². The summed E-state index contributed by atoms with van der Waals surface area (Å²) in [6.07, 6.45) is 8.71. The molecular weight excluding hydrogens is 368 g/mol. The molecule has 0 aliphatic carbocycles. The number of hydrogen-bond acceptors (Lipinski definition) is 5. The number of aryl methyl sites for hydroxylation is 2. The van der Waals surface area contributed by atoms with Crippen molar-refractivity contribution in [2.24, 2.45) is 0 Å². The molecule has 4 heterocycles. The largest absolute Gasteiger partial charge is 0.343 e. The molecular formula is C21H28N6O2. The molecule has 0 unspecified atom stereocenters. The molecule has 2 aliphatic rings. The van der Waals surface area contributed by atoms with Crippen molar-refractivity contribution < 1.29 is 9.59 Å². The lowest BCUT2D eigenvalue weighted by Crippen LogP contribution is -2.39. The second-order valence-electron chi connectivity index (χ2n) is 8.08. The summed E-state index contributed by atoms with van der Waals surface area (Å²) in [6.45, 7) is 7.05. The maximum Gasteiger partial charge on any atom is 0.224 e. The van der Waals surface area contributed by atoms with E-state index in [9.17, 15) is 9.59 Å². The van der Waals surface area contributed by atoms with E-state index in [1.54, 1.807) is 6.92 Å². The van der Waals surface area contributed by atoms with Gasteiger partial charge in [-0.05, 0) is 25.3 Å². The molecule has 0 saturated carbocycles. The van der Waals surface area contributed by atoms with Crippen LogP contribution in [-0.2, 0) is 29.1 Å². The third-order valence-electron chi connectivity index (χ3n) is 5.93. The van der Waals surface area contributed by atoms with E-state index in [4.69, 9.17) is 4.98 Å². The summed E-state index contributed by atoms with van der Waals surface area (Å²) in [4.78, 5) is 37.3. The number of amides is 2. The quantitative estimate of drug-likeness (QED) is 0.785. The Labute approximate surface area is 170 Å². The Balaban J connectivity index is 1.30. The first-order valence-corrected chi connectivity index (χ1v) is 10.4. The summed E-state index contributed by atoms with van der Waals surface area (Å²) in [5.74, 6) is 1.47. The standard InChI is InChI=1S/C21H28N6O2/c1-15-11-23-27(13-15)10-6-20(29)25-7-3-17(4-8-25)21-22-12-18-14-26(16(2)28)9-5-19(18)24-21/h11-13,17H,3-10,14H2,1-2H3. The van der Waals surface area contributed by atoms with E-state index in [-0.39, 0.29) is 11.8 Å². The first kappa shape index (κ1) is 19.5. The van der Waals surface area contributed by atoms with Gasteiger partial charge in [-0.3, -0.25) is 14.3 Å². The minimum atomic E-state index is 0.0967. The van der Waals surface area contributed by atoms with Crippen molar-refractivity contribution in [3.8, 4) is 0 Å². The maximum absolute atomic E-state index is 12.5. The predicted octanol–water partition coefficient (Wildman–Crippen LogP) is 1.68. The van der Waals surface area contributed by atoms with Crippen molar-refractivity contribution in [1.29, 1.82) is 0 Å². The molecule has 1 saturated heterocycles. The zero-order chi connectivity index (χ0) is 20.4. The van der Waals surface area contributed by atoms with E-state index >= 15 is 0 Å². The molecule has 1 fully saturated rings. The molecule has 2 amide bonds. The molecule has 8 nitrogen and oxygen atoms in total. The SMILES string of the molecule is CC(=O)N1CCc2nc(C3CCN(C(=O)CCn4cc(C)cn4)CC3)ncc2C1. The highest BCUT2D eigenvalue weighted by Gasteiger charge is 2.27. The average molecular weight is 396 g/mol. The van der Waals surface area contributed by atoms with Crippen LogP contribution in [0.2, 0.25) is 0 Å². The molecule has 0 atom stereocenters. The fraction of sp³-hybridized carbons (Fsp3) is 0.571. The summed E-state index contributed by atoms with van der Waals surface area (Å²) in [6, 6.07) is 0. The summed E-state index contributed by atoms with van der Waals surface area (Å²) in [5.41, 5.74) is 3.23. The minimum absolute atomic E-state index is 0.0967. The van der Waals surface area contributed by atoms with Gasteiger partial charge < -0.3 is 9.80 Å². The average Bonchev–Trinajstić information content (AvgIpc) is 3.16. The summed E-state index contributed by atoms with van der Waals surface area (Å²) < 4.78 is 1.83. The molecule has 154 valence electrons. The smallest absolute Gasteiger partial charge is 0.224 e. The van der Waals surface area contributed by atoms with Crippen molar-refractivity contribution in [2.75, 3.05) is 19.6 Å². The second kappa shape index (κ2) is 8.31. The van der Waals surface area contributed by atoms with Gasteiger partial charge in [0.05, 0.1) is 11.9 Å². The molecule has 2 aliphatic heterocycles. The van der Waals surface area contributed by atoms with Crippen molar-refractivity contribution in [3.63, 3.8) is 0 Å². The van der Waals surface area contributed by atoms with Gasteiger partial charge in [-0.2, -0.15) is 5.10 Å². The number of carbonyl (C=O) groups excluding carboxylic acids is 2. The molecule has 2 aromatic rings. The number of fused-ring (bicyclic) bond motifs is 1. The number of carbonyl (C=O) groups is 2. The van der Waals surface area contributed by atoms with Gasteiger partial charge in [0.25, 0.3) is 0 Å². The Bertz CT molecular complexity index is 900. The van der Waals surface area contributed by atoms with Crippen LogP contribution in [0, 0.1) is 6.92 Å². The molecule has 0 N–H and O–H groups in total. The molecule has 29 heavy (non-hydrogen) atoms. The summed E-state index contributed by atoms with van der Waals surface area (Å²) in [7, 11) is 0. The number of nitrogens with zero attached hydrogens (tertiary/aromatic N) is 6. The Morgan fingerprint density at radius 1 is 1.14 bits per heavy atom. The van der Waals surface area contributed by atoms with Crippen LogP contribution in [0.4, 0.5) is 0 Å². The van der Waals surface area contributed by atoms with Crippen LogP contribution in [-0.4, -0.2) is 61.0 Å². The van der Waals surface area contributed by atoms with E-state index < -0.39 is 0 Å². The highest BCUT2D eigenvalue weighted by Crippen LogP contribution is 2.27. The van der Waals surface area contributed by atoms with Gasteiger partial charge in [-0.25, -0.2) is 9.97 Å². The molecule has 8 heteroatoms. The monoisotopic (exact) mass is 396 g/mol. The second-order valence-corrected chi connectivity index (χ2v) is 8.08. The van der Waals surface area contributed by atoms with Gasteiger partial charge in [0.2, 0.25) is 11.8 Å². The fourth-order valence-electron chi connectivity index (χ4n) is 4.14. The lowest BCUT2D eigenvalue weighted by molar-refractivity contribution is -0.132. The molecule has 0 spiro atoms. The van der Waals surface area contributed by atoms with Crippen LogP contribution < -0.4 is 0 Å². The van der Waals surface area contributed by atoms with E-state index in [1.807, 2.05) is 40.0 Å². The zero-order valence-electron chi connectivity index (χ0n) is 17.2. The number of piperidine rings is 1. The number of hydrogen-bond donors (Lipinski definition) is 0. The molecule has 2 aromatic heterocycles. The van der Waals surface area contributed by atoms with Crippen LogP contribution in [0.5, 0.6) is 0 Å². The van der Waals surface area contributed by atoms with Gasteiger partial charge >= 0.3 is 0 Å². The van der Waals surface area contributed by atoms with E-state index in [2.05, 4.69) is 10.1 Å². The maximum atomic E-state index is 12.5. The van der Waals surface area contributed by atoms with Crippen molar-refractivity contribution in [1.82, 2.24) is 29.5 Å². The van der Waals surface area contributed by atoms with Crippen LogP contribution in [0.1, 0.15) is 54.7 Å². The van der Waals surface area contributed by atoms with Crippen LogP contribution in [0.15, 0.2) is 18.6 Å². The number of rotatable bonds is 4. The Kier molecular flexibility index (Phi) is 5.60. The third-order valence-corrected chi connectivity index (χ3v) is 5.93. The first-order chi connectivity index (χ1) is 14.0. The lowest BCUT2D eigenvalue weighted by atomic mass is 9.95. The summed E-state index contributed by atoms with van der Waals surface area (Å²) >= 11 is 0. The van der Waals surface area contributed by atoms with E-state index in [1.165, 1.54) is 0 Å². The van der Waals surface area contributed by atoms with Gasteiger partial charge in [0, 0.05) is 76.4 Å². The fourth-order valence-corrected chi connectivity index (χ4v) is 4.14. The van der Waals surface area contributed by atoms with Gasteiger partial charge in [-0.15, -0.1) is 0 Å². The van der Waals surface area contributed by atoms with Crippen molar-refractivity contribution in [3.05, 3.63) is 41.2 Å². The van der Waals surface area contributed by atoms with Gasteiger partial charge in [0.1, 0.15) is 5.82 Å². The Morgan fingerprint density at radius 3 is 2.62 bits per heavy atom. The highest BCUT2D eigenvalue weighted by atomic mass is 16.2. The van der Waals surface area contributed by atoms with E-state index in [0.29, 0.717) is 25.4 Å². The van der Waals surface area contributed by atoms with Gasteiger partial charge in [-0.1, -0.05) is 0 Å². The van der Waals surface area contributed by atoms with Crippen molar-refractivity contribution >= 4 is 11.8 Å². The highest BCUT2D eigenvalue weighted by molar-refractivity contribution is 5.76. The molecule has 0 aromatic carbocycles. The van der Waals surface area contributed by atoms with Crippen LogP contribution in [0.3, 0.4) is 0 Å². The summed E-state index contributed by atoms with van der Waals surface area (Å²) in [5, 5.41) is 4.24. The molecule has 4 rings (SSSR count). The molecule has 0 bridgehead atoms. The van der Waals surface area contributed by atoms with Crippen LogP contribution in [0.25, 0.3) is 0 Å². The Hall–Kier alpha value is -2.77. The minimum Gasteiger partial charge on any atom is -0.343 e. The number of aromatic nitrogens is 4. The first-order valence-electron chi connectivity index (χ1n) is 10.4. The number of likely N-dealkylation sites (tertiary alicyclic amines) is 1. The predicted molar refractivity (Wildman–Crippen MR) is 107 cm³/mol. The molecule has 0 radical (unpaired) electrons. The zero-order valence-corrected chi connectivity index (χ0v) is 17.2. The lowest BCUT2D eigenvalue weighted by Gasteiger charge is -2.32. The van der Waals surface area contributed by atoms with E-state index in [0.717, 1.165) is 61.5 Å². The normalized spacial score (nSPS) is 17.3. The third kappa shape index (κ3) is 4.46.